The van der Waals surface area contributed by atoms with Crippen LogP contribution in [0.5, 0.6) is 0 Å². The standard InChI is InChI=1S/C50H32N2/c1-3-14-34(15-4-1)47-32-48(35-16-5-2-6-17-35)52-50(51-47)37-25-23-36(24-26-37)49-39-18-8-7-13-33(39)27-29-40(49)38-28-30-45-43-21-10-9-19-41(43)42-20-11-12-22-44(42)46(45)31-38/h1-32H. The molecule has 1 aromatic heterocycles. The van der Waals surface area contributed by atoms with Crippen LogP contribution in [0.15, 0.2) is 194 Å². The molecule has 0 aliphatic rings. The lowest BCUT2D eigenvalue weighted by Gasteiger charge is -2.17. The summed E-state index contributed by atoms with van der Waals surface area (Å²) in [6.07, 6.45) is 0. The van der Waals surface area contributed by atoms with Crippen molar-refractivity contribution in [1.29, 1.82) is 0 Å². The van der Waals surface area contributed by atoms with Crippen LogP contribution in [0.2, 0.25) is 0 Å². The van der Waals surface area contributed by atoms with Gasteiger partial charge in [-0.25, -0.2) is 9.97 Å². The van der Waals surface area contributed by atoms with Crippen molar-refractivity contribution in [3.63, 3.8) is 0 Å². The third-order valence-electron chi connectivity index (χ3n) is 10.3. The number of aromatic nitrogens is 2. The number of hydrogen-bond acceptors (Lipinski definition) is 2. The van der Waals surface area contributed by atoms with Crippen molar-refractivity contribution in [3.05, 3.63) is 194 Å². The van der Waals surface area contributed by atoms with Gasteiger partial charge in [0.25, 0.3) is 0 Å². The Morgan fingerprint density at radius 2 is 0.731 bits per heavy atom. The van der Waals surface area contributed by atoms with Crippen LogP contribution in [0.4, 0.5) is 0 Å². The van der Waals surface area contributed by atoms with Crippen LogP contribution in [0, 0.1) is 0 Å². The Morgan fingerprint density at radius 3 is 1.33 bits per heavy atom. The maximum atomic E-state index is 5.08. The molecule has 0 spiro atoms. The fourth-order valence-corrected chi connectivity index (χ4v) is 7.77. The van der Waals surface area contributed by atoms with Gasteiger partial charge in [-0.15, -0.1) is 0 Å². The molecule has 0 amide bonds. The van der Waals surface area contributed by atoms with E-state index >= 15 is 0 Å². The van der Waals surface area contributed by atoms with Crippen LogP contribution in [-0.2, 0) is 0 Å². The van der Waals surface area contributed by atoms with Crippen LogP contribution < -0.4 is 0 Å². The lowest BCUT2D eigenvalue weighted by Crippen LogP contribution is -1.96. The monoisotopic (exact) mass is 660 g/mol. The molecule has 10 aromatic rings. The Labute approximate surface area is 302 Å². The molecule has 0 fully saturated rings. The summed E-state index contributed by atoms with van der Waals surface area (Å²) in [5.41, 5.74) is 9.70. The smallest absolute Gasteiger partial charge is 0.160 e. The van der Waals surface area contributed by atoms with Gasteiger partial charge < -0.3 is 0 Å². The normalized spacial score (nSPS) is 11.5. The third kappa shape index (κ3) is 5.12. The molecule has 9 aromatic carbocycles. The fourth-order valence-electron chi connectivity index (χ4n) is 7.77. The van der Waals surface area contributed by atoms with E-state index in [1.165, 1.54) is 59.8 Å². The number of fused-ring (bicyclic) bond motifs is 7. The van der Waals surface area contributed by atoms with E-state index in [4.69, 9.17) is 9.97 Å². The molecule has 0 radical (unpaired) electrons. The molecule has 2 heteroatoms. The first-order chi connectivity index (χ1) is 25.8. The predicted octanol–water partition coefficient (Wildman–Crippen LogP) is 13.4. The molecule has 2 nitrogen and oxygen atoms in total. The van der Waals surface area contributed by atoms with E-state index in [9.17, 15) is 0 Å². The first kappa shape index (κ1) is 30.0. The molecule has 52 heavy (non-hydrogen) atoms. The third-order valence-corrected chi connectivity index (χ3v) is 10.3. The molecule has 0 aliphatic heterocycles. The van der Waals surface area contributed by atoms with Crippen molar-refractivity contribution in [2.24, 2.45) is 0 Å². The van der Waals surface area contributed by atoms with E-state index in [0.717, 1.165) is 33.6 Å². The summed E-state index contributed by atoms with van der Waals surface area (Å²) in [5, 5.41) is 10.1. The Bertz CT molecular complexity index is 2840. The van der Waals surface area contributed by atoms with Crippen molar-refractivity contribution in [2.75, 3.05) is 0 Å². The number of benzene rings is 9. The molecular formula is C50H32N2. The minimum Gasteiger partial charge on any atom is -0.228 e. The quantitative estimate of drug-likeness (QED) is 0.172. The molecule has 0 saturated heterocycles. The molecule has 0 unspecified atom stereocenters. The maximum Gasteiger partial charge on any atom is 0.160 e. The van der Waals surface area contributed by atoms with E-state index in [1.54, 1.807) is 0 Å². The summed E-state index contributed by atoms with van der Waals surface area (Å²) < 4.78 is 0. The number of nitrogens with zero attached hydrogens (tertiary/aromatic N) is 2. The average molecular weight is 661 g/mol. The highest BCUT2D eigenvalue weighted by atomic mass is 14.9. The zero-order chi connectivity index (χ0) is 34.4. The van der Waals surface area contributed by atoms with Crippen molar-refractivity contribution in [1.82, 2.24) is 9.97 Å². The molecule has 0 bridgehead atoms. The van der Waals surface area contributed by atoms with Gasteiger partial charge in [0.1, 0.15) is 0 Å². The van der Waals surface area contributed by atoms with Crippen molar-refractivity contribution in [3.8, 4) is 56.2 Å². The Balaban J connectivity index is 1.14. The summed E-state index contributed by atoms with van der Waals surface area (Å²) in [6.45, 7) is 0. The van der Waals surface area contributed by atoms with Gasteiger partial charge >= 0.3 is 0 Å². The minimum absolute atomic E-state index is 0.707. The van der Waals surface area contributed by atoms with E-state index < -0.39 is 0 Å². The summed E-state index contributed by atoms with van der Waals surface area (Å²) in [6, 6.07) is 69.3. The number of rotatable bonds is 5. The topological polar surface area (TPSA) is 25.8 Å². The Kier molecular flexibility index (Phi) is 7.18. The van der Waals surface area contributed by atoms with E-state index in [2.05, 4.69) is 182 Å². The first-order valence-electron chi connectivity index (χ1n) is 17.7. The second-order valence-corrected chi connectivity index (χ2v) is 13.3. The van der Waals surface area contributed by atoms with Gasteiger partial charge in [0.15, 0.2) is 5.82 Å². The number of hydrogen-bond donors (Lipinski definition) is 0. The molecule has 0 N–H and O–H groups in total. The van der Waals surface area contributed by atoms with Crippen molar-refractivity contribution in [2.45, 2.75) is 0 Å². The molecule has 0 saturated carbocycles. The Morgan fingerprint density at radius 1 is 0.269 bits per heavy atom. The van der Waals surface area contributed by atoms with Crippen LogP contribution in [-0.4, -0.2) is 9.97 Å². The van der Waals surface area contributed by atoms with Gasteiger partial charge in [0, 0.05) is 16.7 Å². The average Bonchev–Trinajstić information content (AvgIpc) is 3.24. The zero-order valence-corrected chi connectivity index (χ0v) is 28.4. The van der Waals surface area contributed by atoms with Gasteiger partial charge in [0.05, 0.1) is 11.4 Å². The van der Waals surface area contributed by atoms with Crippen molar-refractivity contribution >= 4 is 43.1 Å². The van der Waals surface area contributed by atoms with Gasteiger partial charge in [-0.05, 0) is 77.5 Å². The molecular weight excluding hydrogens is 629 g/mol. The highest BCUT2D eigenvalue weighted by Crippen LogP contribution is 2.42. The lowest BCUT2D eigenvalue weighted by atomic mass is 9.87. The van der Waals surface area contributed by atoms with E-state index in [1.807, 2.05) is 12.1 Å². The maximum absolute atomic E-state index is 5.08. The SMILES string of the molecule is c1ccc(-c2cc(-c3ccccc3)nc(-c3ccc(-c4c(-c5ccc6c7ccccc7c7ccccc7c6c5)ccc5ccccc45)cc3)n2)cc1. The lowest BCUT2D eigenvalue weighted by molar-refractivity contribution is 1.18. The van der Waals surface area contributed by atoms with Crippen LogP contribution in [0.3, 0.4) is 0 Å². The summed E-state index contributed by atoms with van der Waals surface area (Å²) in [5.74, 6) is 0.707. The van der Waals surface area contributed by atoms with Crippen LogP contribution >= 0.6 is 0 Å². The second-order valence-electron chi connectivity index (χ2n) is 13.3. The Hall–Kier alpha value is -6.90. The second kappa shape index (κ2) is 12.5. The van der Waals surface area contributed by atoms with E-state index in [-0.39, 0.29) is 0 Å². The first-order valence-corrected chi connectivity index (χ1v) is 17.7. The van der Waals surface area contributed by atoms with Gasteiger partial charge in [-0.2, -0.15) is 0 Å². The molecule has 10 rings (SSSR count). The predicted molar refractivity (Wildman–Crippen MR) is 219 cm³/mol. The molecule has 0 aliphatic carbocycles. The zero-order valence-electron chi connectivity index (χ0n) is 28.4. The summed E-state index contributed by atoms with van der Waals surface area (Å²) >= 11 is 0. The van der Waals surface area contributed by atoms with Gasteiger partial charge in [-0.3, -0.25) is 0 Å². The van der Waals surface area contributed by atoms with Crippen LogP contribution in [0.25, 0.3) is 99.2 Å². The summed E-state index contributed by atoms with van der Waals surface area (Å²) in [4.78, 5) is 10.2. The van der Waals surface area contributed by atoms with E-state index in [0.29, 0.717) is 5.82 Å². The fraction of sp³-hybridized carbons (Fsp3) is 0. The highest BCUT2D eigenvalue weighted by molar-refractivity contribution is 6.26. The minimum atomic E-state index is 0.707. The summed E-state index contributed by atoms with van der Waals surface area (Å²) in [7, 11) is 0. The molecule has 242 valence electrons. The largest absolute Gasteiger partial charge is 0.228 e. The van der Waals surface area contributed by atoms with Gasteiger partial charge in [-0.1, -0.05) is 182 Å². The van der Waals surface area contributed by atoms with Crippen molar-refractivity contribution < 1.29 is 0 Å². The highest BCUT2D eigenvalue weighted by Gasteiger charge is 2.16. The molecule has 0 atom stereocenters. The van der Waals surface area contributed by atoms with Gasteiger partial charge in [0.2, 0.25) is 0 Å². The molecule has 1 heterocycles. The van der Waals surface area contributed by atoms with Crippen LogP contribution in [0.1, 0.15) is 0 Å².